The maximum absolute atomic E-state index is 11.6. The summed E-state index contributed by atoms with van der Waals surface area (Å²) in [5.74, 6) is -0.908. The van der Waals surface area contributed by atoms with Crippen LogP contribution in [0.15, 0.2) is 0 Å². The van der Waals surface area contributed by atoms with Gasteiger partial charge >= 0.3 is 5.97 Å². The number of ether oxygens (including phenoxy) is 1. The number of piperidine rings is 1. The summed E-state index contributed by atoms with van der Waals surface area (Å²) in [6, 6.07) is 0. The summed E-state index contributed by atoms with van der Waals surface area (Å²) in [5.41, 5.74) is 0. The highest BCUT2D eigenvalue weighted by Crippen LogP contribution is 2.12. The van der Waals surface area contributed by atoms with Crippen LogP contribution in [0, 0.1) is 0 Å². The van der Waals surface area contributed by atoms with E-state index in [9.17, 15) is 9.59 Å². The highest BCUT2D eigenvalue weighted by molar-refractivity contribution is 5.78. The lowest BCUT2D eigenvalue weighted by Gasteiger charge is -2.31. The lowest BCUT2D eigenvalue weighted by atomic mass is 10.1. The quantitative estimate of drug-likeness (QED) is 0.492. The minimum atomic E-state index is -0.843. The van der Waals surface area contributed by atoms with Gasteiger partial charge in [0, 0.05) is 26.1 Å². The molecule has 0 radical (unpaired) electrons. The summed E-state index contributed by atoms with van der Waals surface area (Å²) < 4.78 is 5.45. The van der Waals surface area contributed by atoms with Crippen molar-refractivity contribution in [2.75, 3.05) is 39.4 Å². The molecule has 1 heterocycles. The van der Waals surface area contributed by atoms with Gasteiger partial charge in [0.2, 0.25) is 5.91 Å². The van der Waals surface area contributed by atoms with Gasteiger partial charge < -0.3 is 20.3 Å². The predicted molar refractivity (Wildman–Crippen MR) is 72.4 cm³/mol. The second-order valence-electron chi connectivity index (χ2n) is 4.92. The number of aliphatic carboxylic acids is 1. The third-order valence-corrected chi connectivity index (χ3v) is 3.24. The van der Waals surface area contributed by atoms with Crippen LogP contribution < -0.4 is 5.32 Å². The van der Waals surface area contributed by atoms with Gasteiger partial charge in [-0.25, -0.2) is 0 Å². The highest BCUT2D eigenvalue weighted by Gasteiger charge is 2.20. The Balaban J connectivity index is 2.07. The number of nitrogens with zero attached hydrogens (tertiary/aromatic N) is 1. The van der Waals surface area contributed by atoms with Gasteiger partial charge in [-0.05, 0) is 19.3 Å². The van der Waals surface area contributed by atoms with Crippen LogP contribution in [0.3, 0.4) is 0 Å². The van der Waals surface area contributed by atoms with Crippen molar-refractivity contribution >= 4 is 11.9 Å². The molecule has 1 aliphatic rings. The smallest absolute Gasteiger partial charge is 0.303 e. The topological polar surface area (TPSA) is 99.1 Å². The highest BCUT2D eigenvalue weighted by atomic mass is 16.5. The Morgan fingerprint density at radius 1 is 1.30 bits per heavy atom. The van der Waals surface area contributed by atoms with E-state index in [1.807, 2.05) is 0 Å². The van der Waals surface area contributed by atoms with E-state index in [0.717, 1.165) is 25.9 Å². The first-order chi connectivity index (χ1) is 9.61. The monoisotopic (exact) mass is 288 g/mol. The largest absolute Gasteiger partial charge is 0.481 e. The third kappa shape index (κ3) is 7.42. The molecule has 0 aromatic rings. The van der Waals surface area contributed by atoms with Crippen LogP contribution >= 0.6 is 0 Å². The number of aliphatic hydroxyl groups excluding tert-OH is 1. The fraction of sp³-hybridized carbons (Fsp3) is 0.846. The number of likely N-dealkylation sites (tertiary alicyclic amines) is 1. The SMILES string of the molecule is O=C(O)CCCNC(=O)CN1CCC(OCCO)CC1. The summed E-state index contributed by atoms with van der Waals surface area (Å²) in [6.07, 6.45) is 2.45. The molecule has 0 aliphatic carbocycles. The standard InChI is InChI=1S/C13H24N2O5/c16-8-9-20-11-3-6-15(7-4-11)10-12(17)14-5-1-2-13(18)19/h11,16H,1-10H2,(H,14,17)(H,18,19). The van der Waals surface area contributed by atoms with E-state index in [4.69, 9.17) is 14.9 Å². The average molecular weight is 288 g/mol. The molecule has 116 valence electrons. The number of hydrogen-bond donors (Lipinski definition) is 3. The van der Waals surface area contributed by atoms with Gasteiger partial charge in [-0.3, -0.25) is 14.5 Å². The van der Waals surface area contributed by atoms with Crippen LogP contribution in [0.1, 0.15) is 25.7 Å². The number of hydrogen-bond acceptors (Lipinski definition) is 5. The lowest BCUT2D eigenvalue weighted by Crippen LogP contribution is -2.43. The van der Waals surface area contributed by atoms with Gasteiger partial charge in [-0.15, -0.1) is 0 Å². The van der Waals surface area contributed by atoms with Crippen molar-refractivity contribution in [2.45, 2.75) is 31.8 Å². The van der Waals surface area contributed by atoms with Crippen LogP contribution in [0.5, 0.6) is 0 Å². The molecule has 7 nitrogen and oxygen atoms in total. The number of nitrogens with one attached hydrogen (secondary N) is 1. The number of carboxylic acids is 1. The van der Waals surface area contributed by atoms with E-state index in [1.165, 1.54) is 0 Å². The molecule has 0 unspecified atom stereocenters. The van der Waals surface area contributed by atoms with E-state index in [0.29, 0.717) is 26.1 Å². The zero-order valence-corrected chi connectivity index (χ0v) is 11.7. The maximum atomic E-state index is 11.6. The van der Waals surface area contributed by atoms with Gasteiger partial charge in [0.15, 0.2) is 0 Å². The molecule has 0 spiro atoms. The van der Waals surface area contributed by atoms with E-state index >= 15 is 0 Å². The number of rotatable bonds is 9. The first-order valence-electron chi connectivity index (χ1n) is 7.05. The van der Waals surface area contributed by atoms with Crippen molar-refractivity contribution in [3.63, 3.8) is 0 Å². The molecule has 0 saturated carbocycles. The normalized spacial score (nSPS) is 17.1. The Labute approximate surface area is 118 Å². The minimum Gasteiger partial charge on any atom is -0.481 e. The van der Waals surface area contributed by atoms with Crippen molar-refractivity contribution in [1.82, 2.24) is 10.2 Å². The second kappa shape index (κ2) is 9.68. The molecule has 1 saturated heterocycles. The van der Waals surface area contributed by atoms with Crippen LogP contribution in [-0.2, 0) is 14.3 Å². The molecule has 1 fully saturated rings. The van der Waals surface area contributed by atoms with Gasteiger partial charge in [0.25, 0.3) is 0 Å². The van der Waals surface area contributed by atoms with Crippen molar-refractivity contribution < 1.29 is 24.5 Å². The first kappa shape index (κ1) is 16.9. The number of carbonyl (C=O) groups excluding carboxylic acids is 1. The van der Waals surface area contributed by atoms with E-state index in [1.54, 1.807) is 0 Å². The van der Waals surface area contributed by atoms with Crippen LogP contribution in [0.25, 0.3) is 0 Å². The number of carbonyl (C=O) groups is 2. The predicted octanol–water partition coefficient (Wildman–Crippen LogP) is -0.559. The second-order valence-corrected chi connectivity index (χ2v) is 4.92. The molecule has 3 N–H and O–H groups in total. The summed E-state index contributed by atoms with van der Waals surface area (Å²) in [7, 11) is 0. The fourth-order valence-electron chi connectivity index (χ4n) is 2.18. The summed E-state index contributed by atoms with van der Waals surface area (Å²) in [4.78, 5) is 24.0. The van der Waals surface area contributed by atoms with Crippen molar-refractivity contribution in [1.29, 1.82) is 0 Å². The molecule has 0 aromatic heterocycles. The summed E-state index contributed by atoms with van der Waals surface area (Å²) in [5, 5.41) is 19.9. The number of aliphatic hydroxyl groups is 1. The molecule has 0 aromatic carbocycles. The molecular formula is C13H24N2O5. The molecule has 0 atom stereocenters. The van der Waals surface area contributed by atoms with Gasteiger partial charge in [0.05, 0.1) is 25.9 Å². The summed E-state index contributed by atoms with van der Waals surface area (Å²) in [6.45, 7) is 2.77. The van der Waals surface area contributed by atoms with Crippen LogP contribution in [-0.4, -0.2) is 72.5 Å². The zero-order chi connectivity index (χ0) is 14.8. The number of amides is 1. The van der Waals surface area contributed by atoms with Crippen molar-refractivity contribution in [3.05, 3.63) is 0 Å². The molecular weight excluding hydrogens is 264 g/mol. The van der Waals surface area contributed by atoms with Gasteiger partial charge in [-0.1, -0.05) is 0 Å². The van der Waals surface area contributed by atoms with E-state index in [-0.39, 0.29) is 25.0 Å². The van der Waals surface area contributed by atoms with Gasteiger partial charge in [0.1, 0.15) is 0 Å². The maximum Gasteiger partial charge on any atom is 0.303 e. The Morgan fingerprint density at radius 2 is 2.00 bits per heavy atom. The van der Waals surface area contributed by atoms with E-state index < -0.39 is 5.97 Å². The van der Waals surface area contributed by atoms with Crippen molar-refractivity contribution in [2.24, 2.45) is 0 Å². The molecule has 1 aliphatic heterocycles. The Morgan fingerprint density at radius 3 is 2.60 bits per heavy atom. The van der Waals surface area contributed by atoms with Gasteiger partial charge in [-0.2, -0.15) is 0 Å². The molecule has 7 heteroatoms. The minimum absolute atomic E-state index is 0.0406. The molecule has 20 heavy (non-hydrogen) atoms. The molecule has 1 amide bonds. The Hall–Kier alpha value is -1.18. The zero-order valence-electron chi connectivity index (χ0n) is 11.7. The number of carboxylic acid groups (broad SMARTS) is 1. The average Bonchev–Trinajstić information content (AvgIpc) is 2.43. The first-order valence-corrected chi connectivity index (χ1v) is 7.05. The molecule has 1 rings (SSSR count). The summed E-state index contributed by atoms with van der Waals surface area (Å²) >= 11 is 0. The Kier molecular flexibility index (Phi) is 8.17. The molecule has 0 bridgehead atoms. The lowest BCUT2D eigenvalue weighted by molar-refractivity contribution is -0.137. The van der Waals surface area contributed by atoms with Crippen LogP contribution in [0.2, 0.25) is 0 Å². The third-order valence-electron chi connectivity index (χ3n) is 3.24. The fourth-order valence-corrected chi connectivity index (χ4v) is 2.18. The van der Waals surface area contributed by atoms with E-state index in [2.05, 4.69) is 10.2 Å². The van der Waals surface area contributed by atoms with Crippen LogP contribution in [0.4, 0.5) is 0 Å². The Bertz CT molecular complexity index is 303. The van der Waals surface area contributed by atoms with Crippen molar-refractivity contribution in [3.8, 4) is 0 Å².